The number of amides is 2. The summed E-state index contributed by atoms with van der Waals surface area (Å²) in [5, 5.41) is 2.58. The van der Waals surface area contributed by atoms with Gasteiger partial charge in [0.05, 0.1) is 13.0 Å². The van der Waals surface area contributed by atoms with Gasteiger partial charge in [-0.1, -0.05) is 6.07 Å². The first-order valence-corrected chi connectivity index (χ1v) is 7.39. The first-order valence-electron chi connectivity index (χ1n) is 7.39. The maximum Gasteiger partial charge on any atom is 0.307 e. The fraction of sp³-hybridized carbons (Fsp3) is 0.438. The van der Waals surface area contributed by atoms with E-state index in [1.165, 1.54) is 30.0 Å². The Kier molecular flexibility index (Phi) is 7.73. The average Bonchev–Trinajstić information content (AvgIpc) is 2.50. The number of rotatable bonds is 8. The van der Waals surface area contributed by atoms with Crippen LogP contribution in [0.4, 0.5) is 4.39 Å². The number of halogens is 1. The molecule has 0 saturated heterocycles. The zero-order valence-electron chi connectivity index (χ0n) is 13.3. The molecule has 1 N–H and O–H groups in total. The third-order valence-electron chi connectivity index (χ3n) is 3.01. The minimum Gasteiger partial charge on any atom is -0.466 e. The molecule has 2 amide bonds. The monoisotopic (exact) mass is 324 g/mol. The smallest absolute Gasteiger partial charge is 0.307 e. The van der Waals surface area contributed by atoms with Crippen LogP contribution in [0.15, 0.2) is 24.3 Å². The zero-order chi connectivity index (χ0) is 17.2. The molecule has 0 aliphatic heterocycles. The van der Waals surface area contributed by atoms with Crippen molar-refractivity contribution in [2.24, 2.45) is 0 Å². The van der Waals surface area contributed by atoms with Crippen molar-refractivity contribution >= 4 is 17.8 Å². The normalized spacial score (nSPS) is 10.0. The number of ether oxygens (including phenoxy) is 1. The van der Waals surface area contributed by atoms with E-state index >= 15 is 0 Å². The second kappa shape index (κ2) is 9.55. The van der Waals surface area contributed by atoms with E-state index in [-0.39, 0.29) is 44.1 Å². The van der Waals surface area contributed by atoms with E-state index in [0.717, 1.165) is 6.07 Å². The van der Waals surface area contributed by atoms with E-state index < -0.39 is 17.7 Å². The van der Waals surface area contributed by atoms with Crippen molar-refractivity contribution in [1.82, 2.24) is 10.2 Å². The fourth-order valence-electron chi connectivity index (χ4n) is 1.95. The summed E-state index contributed by atoms with van der Waals surface area (Å²) in [5.74, 6) is -1.54. The summed E-state index contributed by atoms with van der Waals surface area (Å²) in [4.78, 5) is 36.2. The van der Waals surface area contributed by atoms with Crippen LogP contribution in [0, 0.1) is 5.82 Å². The summed E-state index contributed by atoms with van der Waals surface area (Å²) in [6.07, 6.45) is 0.0367. The maximum atomic E-state index is 13.3. The minimum absolute atomic E-state index is 0.0367. The van der Waals surface area contributed by atoms with E-state index in [9.17, 15) is 18.8 Å². The molecule has 0 saturated carbocycles. The first-order chi connectivity index (χ1) is 10.9. The SMILES string of the molecule is CCOC(=O)CCN(CCNC(C)=O)C(=O)c1cccc(F)c1. The van der Waals surface area contributed by atoms with Crippen LogP contribution in [0.2, 0.25) is 0 Å². The van der Waals surface area contributed by atoms with Gasteiger partial charge < -0.3 is 15.0 Å². The largest absolute Gasteiger partial charge is 0.466 e. The topological polar surface area (TPSA) is 75.7 Å². The summed E-state index contributed by atoms with van der Waals surface area (Å²) in [6.45, 7) is 3.94. The Morgan fingerprint density at radius 1 is 1.26 bits per heavy atom. The van der Waals surface area contributed by atoms with Gasteiger partial charge in [-0.05, 0) is 25.1 Å². The lowest BCUT2D eigenvalue weighted by molar-refractivity contribution is -0.143. The van der Waals surface area contributed by atoms with Crippen molar-refractivity contribution in [3.05, 3.63) is 35.6 Å². The molecule has 0 aromatic heterocycles. The van der Waals surface area contributed by atoms with Crippen molar-refractivity contribution in [2.75, 3.05) is 26.2 Å². The number of carbonyl (C=O) groups excluding carboxylic acids is 3. The van der Waals surface area contributed by atoms with Gasteiger partial charge in [-0.25, -0.2) is 4.39 Å². The quantitative estimate of drug-likeness (QED) is 0.733. The van der Waals surface area contributed by atoms with E-state index in [1.54, 1.807) is 6.92 Å². The Balaban J connectivity index is 2.74. The summed E-state index contributed by atoms with van der Waals surface area (Å²) < 4.78 is 18.1. The van der Waals surface area contributed by atoms with Crippen LogP contribution in [0.1, 0.15) is 30.6 Å². The molecular weight excluding hydrogens is 303 g/mol. The van der Waals surface area contributed by atoms with Crippen molar-refractivity contribution in [2.45, 2.75) is 20.3 Å². The van der Waals surface area contributed by atoms with Crippen LogP contribution in [0.3, 0.4) is 0 Å². The number of carbonyl (C=O) groups is 3. The van der Waals surface area contributed by atoms with Gasteiger partial charge in [0.1, 0.15) is 5.82 Å². The highest BCUT2D eigenvalue weighted by Crippen LogP contribution is 2.08. The molecular formula is C16H21FN2O4. The Bertz CT molecular complexity index is 563. The Morgan fingerprint density at radius 3 is 2.61 bits per heavy atom. The molecule has 0 radical (unpaired) electrons. The van der Waals surface area contributed by atoms with Gasteiger partial charge >= 0.3 is 5.97 Å². The molecule has 1 aromatic carbocycles. The lowest BCUT2D eigenvalue weighted by Gasteiger charge is -2.22. The molecule has 0 spiro atoms. The molecule has 1 rings (SSSR count). The van der Waals surface area contributed by atoms with Gasteiger partial charge in [-0.3, -0.25) is 14.4 Å². The molecule has 0 unspecified atom stereocenters. The Labute approximate surface area is 134 Å². The van der Waals surface area contributed by atoms with Gasteiger partial charge in [-0.2, -0.15) is 0 Å². The van der Waals surface area contributed by atoms with Crippen LogP contribution in [0.5, 0.6) is 0 Å². The van der Waals surface area contributed by atoms with E-state index in [0.29, 0.717) is 0 Å². The Morgan fingerprint density at radius 2 is 2.00 bits per heavy atom. The van der Waals surface area contributed by atoms with E-state index in [4.69, 9.17) is 4.74 Å². The average molecular weight is 324 g/mol. The van der Waals surface area contributed by atoms with Gasteiger partial charge in [-0.15, -0.1) is 0 Å². The summed E-state index contributed by atoms with van der Waals surface area (Å²) in [5.41, 5.74) is 0.191. The number of esters is 1. The second-order valence-electron chi connectivity index (χ2n) is 4.84. The second-order valence-corrected chi connectivity index (χ2v) is 4.84. The van der Waals surface area contributed by atoms with Gasteiger partial charge in [0.2, 0.25) is 5.91 Å². The van der Waals surface area contributed by atoms with Gasteiger partial charge in [0, 0.05) is 32.1 Å². The zero-order valence-corrected chi connectivity index (χ0v) is 13.3. The van der Waals surface area contributed by atoms with Crippen LogP contribution < -0.4 is 5.32 Å². The standard InChI is InChI=1S/C16H21FN2O4/c1-3-23-15(21)7-9-19(10-8-18-12(2)20)16(22)13-5-4-6-14(17)11-13/h4-6,11H,3,7-10H2,1-2H3,(H,18,20). The molecule has 1 aromatic rings. The molecule has 6 nitrogen and oxygen atoms in total. The van der Waals surface area contributed by atoms with Crippen LogP contribution in [-0.4, -0.2) is 48.9 Å². The summed E-state index contributed by atoms with van der Waals surface area (Å²) >= 11 is 0. The Hall–Kier alpha value is -2.44. The summed E-state index contributed by atoms with van der Waals surface area (Å²) in [7, 11) is 0. The highest BCUT2D eigenvalue weighted by atomic mass is 19.1. The molecule has 7 heteroatoms. The third kappa shape index (κ3) is 6.90. The molecule has 0 aliphatic rings. The molecule has 23 heavy (non-hydrogen) atoms. The molecule has 0 fully saturated rings. The van der Waals surface area contributed by atoms with Crippen molar-refractivity contribution < 1.29 is 23.5 Å². The maximum absolute atomic E-state index is 13.3. The van der Waals surface area contributed by atoms with Crippen LogP contribution in [-0.2, 0) is 14.3 Å². The number of hydrogen-bond acceptors (Lipinski definition) is 4. The predicted molar refractivity (Wildman–Crippen MR) is 82.2 cm³/mol. The fourth-order valence-corrected chi connectivity index (χ4v) is 1.95. The van der Waals surface area contributed by atoms with Crippen molar-refractivity contribution in [3.63, 3.8) is 0 Å². The molecule has 126 valence electrons. The van der Waals surface area contributed by atoms with E-state index in [2.05, 4.69) is 5.32 Å². The van der Waals surface area contributed by atoms with Crippen LogP contribution >= 0.6 is 0 Å². The third-order valence-corrected chi connectivity index (χ3v) is 3.01. The van der Waals surface area contributed by atoms with Crippen LogP contribution in [0.25, 0.3) is 0 Å². The van der Waals surface area contributed by atoms with Gasteiger partial charge in [0.15, 0.2) is 0 Å². The molecule has 0 atom stereocenters. The highest BCUT2D eigenvalue weighted by Gasteiger charge is 2.17. The number of nitrogens with one attached hydrogen (secondary N) is 1. The van der Waals surface area contributed by atoms with Crippen molar-refractivity contribution in [1.29, 1.82) is 0 Å². The molecule has 0 aliphatic carbocycles. The highest BCUT2D eigenvalue weighted by molar-refractivity contribution is 5.94. The summed E-state index contributed by atoms with van der Waals surface area (Å²) in [6, 6.07) is 5.33. The lowest BCUT2D eigenvalue weighted by atomic mass is 10.2. The number of benzene rings is 1. The number of nitrogens with zero attached hydrogens (tertiary/aromatic N) is 1. The molecule has 0 bridgehead atoms. The van der Waals surface area contributed by atoms with E-state index in [1.807, 2.05) is 0 Å². The molecule has 0 heterocycles. The van der Waals surface area contributed by atoms with Crippen molar-refractivity contribution in [3.8, 4) is 0 Å². The predicted octanol–water partition coefficient (Wildman–Crippen LogP) is 1.36. The van der Waals surface area contributed by atoms with Gasteiger partial charge in [0.25, 0.3) is 5.91 Å². The number of hydrogen-bond donors (Lipinski definition) is 1. The lowest BCUT2D eigenvalue weighted by Crippen LogP contribution is -2.39. The minimum atomic E-state index is -0.511. The first kappa shape index (κ1) is 18.6.